The number of hydrogen-bond donors (Lipinski definition) is 1. The molecule has 2 N–H and O–H groups in total. The molecule has 0 spiro atoms. The minimum Gasteiger partial charge on any atom is -0.396 e. The highest BCUT2D eigenvalue weighted by atomic mass is 15.3. The van der Waals surface area contributed by atoms with E-state index < -0.39 is 0 Å². The Kier molecular flexibility index (Phi) is 3.69. The van der Waals surface area contributed by atoms with Crippen LogP contribution in [0.3, 0.4) is 0 Å². The first-order chi connectivity index (χ1) is 8.65. The molecule has 0 atom stereocenters. The molecule has 0 saturated heterocycles. The monoisotopic (exact) mass is 247 g/mol. The van der Waals surface area contributed by atoms with E-state index in [1.165, 1.54) is 5.56 Å². The SMILES string of the molecule is CCc1nn(CCc2cnn(C)c2)c(CC)c1N. The molecule has 2 heterocycles. The molecular weight excluding hydrogens is 226 g/mol. The molecule has 2 rings (SSSR count). The fourth-order valence-corrected chi connectivity index (χ4v) is 2.22. The van der Waals surface area contributed by atoms with E-state index in [0.717, 1.165) is 42.9 Å². The first-order valence-corrected chi connectivity index (χ1v) is 6.47. The lowest BCUT2D eigenvalue weighted by Crippen LogP contribution is -2.07. The van der Waals surface area contributed by atoms with E-state index in [1.54, 1.807) is 0 Å². The van der Waals surface area contributed by atoms with Crippen LogP contribution in [0, 0.1) is 0 Å². The van der Waals surface area contributed by atoms with Crippen molar-refractivity contribution in [1.29, 1.82) is 0 Å². The zero-order valence-corrected chi connectivity index (χ0v) is 11.3. The smallest absolute Gasteiger partial charge is 0.0854 e. The van der Waals surface area contributed by atoms with Gasteiger partial charge >= 0.3 is 0 Å². The maximum atomic E-state index is 6.10. The van der Waals surface area contributed by atoms with Crippen molar-refractivity contribution >= 4 is 5.69 Å². The molecule has 0 amide bonds. The molecule has 0 aliphatic carbocycles. The Morgan fingerprint density at radius 2 is 2.06 bits per heavy atom. The number of hydrogen-bond acceptors (Lipinski definition) is 3. The summed E-state index contributed by atoms with van der Waals surface area (Å²) in [5.41, 5.74) is 10.4. The third-order valence-corrected chi connectivity index (χ3v) is 3.22. The van der Waals surface area contributed by atoms with Crippen LogP contribution in [0.1, 0.15) is 30.8 Å². The van der Waals surface area contributed by atoms with Crippen LogP contribution >= 0.6 is 0 Å². The highest BCUT2D eigenvalue weighted by Crippen LogP contribution is 2.18. The van der Waals surface area contributed by atoms with Crippen LogP contribution in [0.15, 0.2) is 12.4 Å². The largest absolute Gasteiger partial charge is 0.396 e. The zero-order chi connectivity index (χ0) is 13.1. The molecule has 5 heteroatoms. The van der Waals surface area contributed by atoms with Gasteiger partial charge in [0, 0.05) is 19.8 Å². The summed E-state index contributed by atoms with van der Waals surface area (Å²) in [4.78, 5) is 0. The lowest BCUT2D eigenvalue weighted by atomic mass is 10.2. The number of aryl methyl sites for hydroxylation is 4. The second-order valence-corrected chi connectivity index (χ2v) is 4.51. The Bertz CT molecular complexity index is 523. The number of nitrogen functional groups attached to an aromatic ring is 1. The molecule has 0 unspecified atom stereocenters. The molecule has 18 heavy (non-hydrogen) atoms. The maximum Gasteiger partial charge on any atom is 0.0854 e. The molecule has 2 aromatic rings. The molecule has 0 aliphatic rings. The van der Waals surface area contributed by atoms with Crippen molar-refractivity contribution in [2.75, 3.05) is 5.73 Å². The van der Waals surface area contributed by atoms with Crippen molar-refractivity contribution in [3.05, 3.63) is 29.3 Å². The summed E-state index contributed by atoms with van der Waals surface area (Å²) in [5, 5.41) is 8.76. The molecule has 0 bridgehead atoms. The van der Waals surface area contributed by atoms with E-state index in [1.807, 2.05) is 28.8 Å². The second kappa shape index (κ2) is 5.25. The van der Waals surface area contributed by atoms with Crippen LogP contribution in [-0.2, 0) is 32.9 Å². The van der Waals surface area contributed by atoms with Gasteiger partial charge in [-0.3, -0.25) is 9.36 Å². The van der Waals surface area contributed by atoms with E-state index in [4.69, 9.17) is 5.73 Å². The van der Waals surface area contributed by atoms with Crippen LogP contribution in [-0.4, -0.2) is 19.6 Å². The molecule has 5 nitrogen and oxygen atoms in total. The van der Waals surface area contributed by atoms with E-state index >= 15 is 0 Å². The molecule has 2 aromatic heterocycles. The summed E-state index contributed by atoms with van der Waals surface area (Å²) in [6, 6.07) is 0. The van der Waals surface area contributed by atoms with Gasteiger partial charge in [-0.1, -0.05) is 13.8 Å². The summed E-state index contributed by atoms with van der Waals surface area (Å²) in [5.74, 6) is 0. The highest BCUT2D eigenvalue weighted by Gasteiger charge is 2.12. The van der Waals surface area contributed by atoms with Crippen molar-refractivity contribution in [3.63, 3.8) is 0 Å². The van der Waals surface area contributed by atoms with Crippen molar-refractivity contribution in [1.82, 2.24) is 19.6 Å². The quantitative estimate of drug-likeness (QED) is 0.872. The Morgan fingerprint density at radius 3 is 2.61 bits per heavy atom. The van der Waals surface area contributed by atoms with Gasteiger partial charge in [0.15, 0.2) is 0 Å². The van der Waals surface area contributed by atoms with E-state index in [-0.39, 0.29) is 0 Å². The van der Waals surface area contributed by atoms with Crippen molar-refractivity contribution in [2.24, 2.45) is 7.05 Å². The van der Waals surface area contributed by atoms with Gasteiger partial charge < -0.3 is 5.73 Å². The number of rotatable bonds is 5. The van der Waals surface area contributed by atoms with Gasteiger partial charge in [-0.05, 0) is 24.8 Å². The van der Waals surface area contributed by atoms with E-state index in [0.29, 0.717) is 0 Å². The van der Waals surface area contributed by atoms with E-state index in [9.17, 15) is 0 Å². The minimum absolute atomic E-state index is 0.860. The summed E-state index contributed by atoms with van der Waals surface area (Å²) in [6.45, 7) is 5.07. The second-order valence-electron chi connectivity index (χ2n) is 4.51. The first-order valence-electron chi connectivity index (χ1n) is 6.47. The van der Waals surface area contributed by atoms with Crippen molar-refractivity contribution in [2.45, 2.75) is 39.7 Å². The number of nitrogens with two attached hydrogens (primary N) is 1. The van der Waals surface area contributed by atoms with Crippen molar-refractivity contribution in [3.8, 4) is 0 Å². The third kappa shape index (κ3) is 2.39. The van der Waals surface area contributed by atoms with Crippen LogP contribution < -0.4 is 5.73 Å². The summed E-state index contributed by atoms with van der Waals surface area (Å²) < 4.78 is 3.87. The van der Waals surface area contributed by atoms with Gasteiger partial charge in [0.25, 0.3) is 0 Å². The van der Waals surface area contributed by atoms with Gasteiger partial charge in [0.2, 0.25) is 0 Å². The molecular formula is C13H21N5. The average molecular weight is 247 g/mol. The van der Waals surface area contributed by atoms with Crippen LogP contribution in [0.5, 0.6) is 0 Å². The van der Waals surface area contributed by atoms with E-state index in [2.05, 4.69) is 24.0 Å². The first kappa shape index (κ1) is 12.7. The molecule has 0 radical (unpaired) electrons. The molecule has 0 fully saturated rings. The summed E-state index contributed by atoms with van der Waals surface area (Å²) in [6.07, 6.45) is 6.69. The molecule has 98 valence electrons. The van der Waals surface area contributed by atoms with Crippen molar-refractivity contribution < 1.29 is 0 Å². The summed E-state index contributed by atoms with van der Waals surface area (Å²) >= 11 is 0. The van der Waals surface area contributed by atoms with Gasteiger partial charge in [0.05, 0.1) is 23.3 Å². The predicted octanol–water partition coefficient (Wildman–Crippen LogP) is 1.57. The third-order valence-electron chi connectivity index (χ3n) is 3.22. The Morgan fingerprint density at radius 1 is 1.28 bits per heavy atom. The Hall–Kier alpha value is -1.78. The normalized spacial score (nSPS) is 11.1. The summed E-state index contributed by atoms with van der Waals surface area (Å²) in [7, 11) is 1.93. The lowest BCUT2D eigenvalue weighted by Gasteiger charge is -2.05. The molecule has 0 aliphatic heterocycles. The van der Waals surface area contributed by atoms with Gasteiger partial charge in [-0.25, -0.2) is 0 Å². The van der Waals surface area contributed by atoms with Crippen LogP contribution in [0.4, 0.5) is 5.69 Å². The van der Waals surface area contributed by atoms with Crippen LogP contribution in [0.2, 0.25) is 0 Å². The lowest BCUT2D eigenvalue weighted by molar-refractivity contribution is 0.581. The standard InChI is InChI=1S/C13H21N5/c1-4-11-13(14)12(5-2)18(16-11)7-6-10-8-15-17(3)9-10/h8-9H,4-7,14H2,1-3H3. The fourth-order valence-electron chi connectivity index (χ4n) is 2.22. The predicted molar refractivity (Wildman–Crippen MR) is 72.3 cm³/mol. The molecule has 0 saturated carbocycles. The number of aromatic nitrogens is 4. The van der Waals surface area contributed by atoms with Gasteiger partial charge in [-0.2, -0.15) is 10.2 Å². The Balaban J connectivity index is 2.13. The number of nitrogens with zero attached hydrogens (tertiary/aromatic N) is 4. The fraction of sp³-hybridized carbons (Fsp3) is 0.538. The van der Waals surface area contributed by atoms with Gasteiger partial charge in [0.1, 0.15) is 0 Å². The minimum atomic E-state index is 0.860. The number of anilines is 1. The van der Waals surface area contributed by atoms with Gasteiger partial charge in [-0.15, -0.1) is 0 Å². The zero-order valence-electron chi connectivity index (χ0n) is 11.3. The van der Waals surface area contributed by atoms with Crippen LogP contribution in [0.25, 0.3) is 0 Å². The Labute approximate surface area is 108 Å². The maximum absolute atomic E-state index is 6.10. The molecule has 0 aromatic carbocycles. The highest BCUT2D eigenvalue weighted by molar-refractivity contribution is 5.48. The topological polar surface area (TPSA) is 61.7 Å². The average Bonchev–Trinajstić information content (AvgIpc) is 2.90.